The molecular formula is C16H19ClN2O. The number of benzene rings is 1. The van der Waals surface area contributed by atoms with Gasteiger partial charge in [-0.15, -0.1) is 0 Å². The molecule has 0 aliphatic heterocycles. The summed E-state index contributed by atoms with van der Waals surface area (Å²) >= 11 is 5.81. The molecule has 3 unspecified atom stereocenters. The number of nitrogens with zero attached hydrogens (tertiary/aromatic N) is 1. The van der Waals surface area contributed by atoms with Crippen molar-refractivity contribution in [2.45, 2.75) is 32.6 Å². The van der Waals surface area contributed by atoms with Crippen molar-refractivity contribution < 1.29 is 4.79 Å². The Labute approximate surface area is 124 Å². The quantitative estimate of drug-likeness (QED) is 0.666. The average Bonchev–Trinajstić information content (AvgIpc) is 3.08. The van der Waals surface area contributed by atoms with Gasteiger partial charge in [-0.3, -0.25) is 4.79 Å². The van der Waals surface area contributed by atoms with Gasteiger partial charge < -0.3 is 0 Å². The fourth-order valence-electron chi connectivity index (χ4n) is 3.64. The number of rotatable bonds is 3. The molecule has 4 heteroatoms. The van der Waals surface area contributed by atoms with E-state index in [1.54, 1.807) is 24.3 Å². The Kier molecular flexibility index (Phi) is 3.79. The maximum atomic E-state index is 12.0. The predicted molar refractivity (Wildman–Crippen MR) is 81.0 cm³/mol. The van der Waals surface area contributed by atoms with Crippen LogP contribution in [0.1, 0.15) is 43.0 Å². The van der Waals surface area contributed by atoms with Crippen LogP contribution in [0.15, 0.2) is 29.4 Å². The Balaban J connectivity index is 1.61. The van der Waals surface area contributed by atoms with Gasteiger partial charge in [-0.25, -0.2) is 5.43 Å². The maximum absolute atomic E-state index is 12.0. The standard InChI is InChI=1S/C16H19ClN2O/c1-10(15-9-11-2-3-13(15)8-11)18-19-16(20)12-4-6-14(17)7-5-12/h4-7,11,13,15H,2-3,8-9H2,1H3,(H,19,20). The van der Waals surface area contributed by atoms with Gasteiger partial charge in [-0.05, 0) is 62.3 Å². The average molecular weight is 291 g/mol. The number of halogens is 1. The van der Waals surface area contributed by atoms with Gasteiger partial charge in [0.15, 0.2) is 0 Å². The van der Waals surface area contributed by atoms with E-state index in [1.165, 1.54) is 25.7 Å². The summed E-state index contributed by atoms with van der Waals surface area (Å²) in [6.07, 6.45) is 5.30. The topological polar surface area (TPSA) is 41.5 Å². The first-order valence-corrected chi connectivity index (χ1v) is 7.61. The van der Waals surface area contributed by atoms with Gasteiger partial charge in [-0.1, -0.05) is 18.0 Å². The molecule has 0 spiro atoms. The van der Waals surface area contributed by atoms with Crippen molar-refractivity contribution in [1.29, 1.82) is 0 Å². The molecule has 0 heterocycles. The van der Waals surface area contributed by atoms with Crippen molar-refractivity contribution in [3.63, 3.8) is 0 Å². The van der Waals surface area contributed by atoms with E-state index in [2.05, 4.69) is 10.5 Å². The SMILES string of the molecule is CC(=NNC(=O)c1ccc(Cl)cc1)C1CC2CCC1C2. The lowest BCUT2D eigenvalue weighted by molar-refractivity contribution is 0.0954. The van der Waals surface area contributed by atoms with Crippen molar-refractivity contribution >= 4 is 23.2 Å². The lowest BCUT2D eigenvalue weighted by Crippen LogP contribution is -2.24. The highest BCUT2D eigenvalue weighted by Gasteiger charge is 2.40. The summed E-state index contributed by atoms with van der Waals surface area (Å²) in [6, 6.07) is 6.84. The zero-order chi connectivity index (χ0) is 14.1. The summed E-state index contributed by atoms with van der Waals surface area (Å²) in [5.41, 5.74) is 4.31. The van der Waals surface area contributed by atoms with E-state index in [9.17, 15) is 4.79 Å². The lowest BCUT2D eigenvalue weighted by atomic mass is 9.86. The zero-order valence-corrected chi connectivity index (χ0v) is 12.4. The summed E-state index contributed by atoms with van der Waals surface area (Å²) in [5, 5.41) is 4.94. The second-order valence-corrected chi connectivity index (χ2v) is 6.42. The summed E-state index contributed by atoms with van der Waals surface area (Å²) in [5.74, 6) is 2.07. The van der Waals surface area contributed by atoms with Crippen LogP contribution in [-0.4, -0.2) is 11.6 Å². The smallest absolute Gasteiger partial charge is 0.267 e. The van der Waals surface area contributed by atoms with E-state index in [-0.39, 0.29) is 5.91 Å². The van der Waals surface area contributed by atoms with Gasteiger partial charge in [0.05, 0.1) is 0 Å². The van der Waals surface area contributed by atoms with Crippen LogP contribution in [0.25, 0.3) is 0 Å². The van der Waals surface area contributed by atoms with Crippen LogP contribution in [0.3, 0.4) is 0 Å². The molecule has 0 saturated heterocycles. The Morgan fingerprint density at radius 1 is 1.25 bits per heavy atom. The van der Waals surface area contributed by atoms with E-state index in [1.807, 2.05) is 6.92 Å². The normalized spacial score (nSPS) is 28.7. The van der Waals surface area contributed by atoms with Gasteiger partial charge in [0.2, 0.25) is 0 Å². The summed E-state index contributed by atoms with van der Waals surface area (Å²) in [7, 11) is 0. The first-order valence-electron chi connectivity index (χ1n) is 7.23. The van der Waals surface area contributed by atoms with Crippen molar-refractivity contribution in [2.24, 2.45) is 22.9 Å². The second-order valence-electron chi connectivity index (χ2n) is 5.98. The molecule has 3 nitrogen and oxygen atoms in total. The molecule has 20 heavy (non-hydrogen) atoms. The molecule has 1 amide bonds. The summed E-state index contributed by atoms with van der Waals surface area (Å²) in [4.78, 5) is 12.0. The molecule has 2 aliphatic rings. The minimum Gasteiger partial charge on any atom is -0.267 e. The Morgan fingerprint density at radius 3 is 2.60 bits per heavy atom. The Bertz CT molecular complexity index is 538. The minimum atomic E-state index is -0.177. The fourth-order valence-corrected chi connectivity index (χ4v) is 3.77. The van der Waals surface area contributed by atoms with E-state index >= 15 is 0 Å². The van der Waals surface area contributed by atoms with Crippen LogP contribution in [0.2, 0.25) is 5.02 Å². The molecule has 2 fully saturated rings. The molecule has 1 aromatic rings. The lowest BCUT2D eigenvalue weighted by Gasteiger charge is -2.21. The molecule has 0 radical (unpaired) electrons. The zero-order valence-electron chi connectivity index (χ0n) is 11.6. The van der Waals surface area contributed by atoms with Gasteiger partial charge in [-0.2, -0.15) is 5.10 Å². The molecule has 0 aromatic heterocycles. The molecule has 2 saturated carbocycles. The van der Waals surface area contributed by atoms with Crippen molar-refractivity contribution in [3.8, 4) is 0 Å². The van der Waals surface area contributed by atoms with Crippen LogP contribution >= 0.6 is 11.6 Å². The van der Waals surface area contributed by atoms with Crippen molar-refractivity contribution in [1.82, 2.24) is 5.43 Å². The highest BCUT2D eigenvalue weighted by atomic mass is 35.5. The maximum Gasteiger partial charge on any atom is 0.271 e. The number of nitrogens with one attached hydrogen (secondary N) is 1. The minimum absolute atomic E-state index is 0.177. The van der Waals surface area contributed by atoms with Gasteiger partial charge in [0, 0.05) is 22.2 Å². The molecule has 1 N–H and O–H groups in total. The van der Waals surface area contributed by atoms with E-state index in [0.717, 1.165) is 17.5 Å². The first-order chi connectivity index (χ1) is 9.63. The number of carbonyl (C=O) groups is 1. The third-order valence-corrected chi connectivity index (χ3v) is 4.97. The summed E-state index contributed by atoms with van der Waals surface area (Å²) in [6.45, 7) is 2.04. The molecule has 3 rings (SSSR count). The highest BCUT2D eigenvalue weighted by Crippen LogP contribution is 2.48. The van der Waals surface area contributed by atoms with Crippen LogP contribution in [0.5, 0.6) is 0 Å². The van der Waals surface area contributed by atoms with E-state index < -0.39 is 0 Å². The highest BCUT2D eigenvalue weighted by molar-refractivity contribution is 6.30. The molecule has 3 atom stereocenters. The molecule has 106 valence electrons. The predicted octanol–water partition coefficient (Wildman–Crippen LogP) is 3.88. The second kappa shape index (κ2) is 5.57. The number of hydrogen-bond donors (Lipinski definition) is 1. The van der Waals surface area contributed by atoms with Crippen LogP contribution in [-0.2, 0) is 0 Å². The van der Waals surface area contributed by atoms with Crippen molar-refractivity contribution in [3.05, 3.63) is 34.9 Å². The Morgan fingerprint density at radius 2 is 2.00 bits per heavy atom. The van der Waals surface area contributed by atoms with Gasteiger partial charge >= 0.3 is 0 Å². The Hall–Kier alpha value is -1.35. The fraction of sp³-hybridized carbons (Fsp3) is 0.500. The van der Waals surface area contributed by atoms with Gasteiger partial charge in [0.25, 0.3) is 5.91 Å². The number of fused-ring (bicyclic) bond motifs is 2. The molecular weight excluding hydrogens is 272 g/mol. The molecule has 2 bridgehead atoms. The van der Waals surface area contributed by atoms with Crippen molar-refractivity contribution in [2.75, 3.05) is 0 Å². The summed E-state index contributed by atoms with van der Waals surface area (Å²) < 4.78 is 0. The van der Waals surface area contributed by atoms with Crippen LogP contribution < -0.4 is 5.43 Å². The number of carbonyl (C=O) groups excluding carboxylic acids is 1. The third kappa shape index (κ3) is 2.73. The molecule has 1 aromatic carbocycles. The van der Waals surface area contributed by atoms with E-state index in [0.29, 0.717) is 16.5 Å². The van der Waals surface area contributed by atoms with Crippen LogP contribution in [0.4, 0.5) is 0 Å². The largest absolute Gasteiger partial charge is 0.271 e. The molecule has 2 aliphatic carbocycles. The van der Waals surface area contributed by atoms with E-state index in [4.69, 9.17) is 11.6 Å². The monoisotopic (exact) mass is 290 g/mol. The first kappa shape index (κ1) is 13.6. The number of hydrogen-bond acceptors (Lipinski definition) is 2. The number of amides is 1. The number of hydrazone groups is 1. The third-order valence-electron chi connectivity index (χ3n) is 4.71. The van der Waals surface area contributed by atoms with Gasteiger partial charge in [0.1, 0.15) is 0 Å². The van der Waals surface area contributed by atoms with Crippen LogP contribution in [0, 0.1) is 17.8 Å².